The number of imidazole rings is 1. The molecule has 1 unspecified atom stereocenters. The molecule has 2 heterocycles. The van der Waals surface area contributed by atoms with Crippen LogP contribution in [-0.2, 0) is 11.8 Å². The molecular weight excluding hydrogens is 397 g/mol. The number of nitrogen functional groups attached to an aromatic ring is 1. The Morgan fingerprint density at radius 1 is 1.11 bits per heavy atom. The Kier molecular flexibility index (Phi) is 4.30. The summed E-state index contributed by atoms with van der Waals surface area (Å²) in [6, 6.07) is 2.09. The van der Waals surface area contributed by atoms with Gasteiger partial charge in [-0.25, -0.2) is 14.4 Å². The van der Waals surface area contributed by atoms with Crippen molar-refractivity contribution in [2.45, 2.75) is 24.9 Å². The molecule has 0 spiro atoms. The highest BCUT2D eigenvalue weighted by Gasteiger charge is 2.51. The summed E-state index contributed by atoms with van der Waals surface area (Å²) in [6.07, 6.45) is -8.50. The first-order chi connectivity index (χ1) is 12.7. The maximum Gasteiger partial charge on any atom is 0.434 e. The van der Waals surface area contributed by atoms with Gasteiger partial charge in [0.25, 0.3) is 0 Å². The lowest BCUT2D eigenvalue weighted by Crippen LogP contribution is -2.39. The Labute approximate surface area is 152 Å². The predicted octanol–water partition coefficient (Wildman–Crippen LogP) is 3.91. The molecule has 3 rings (SSSR count). The van der Waals surface area contributed by atoms with Crippen molar-refractivity contribution in [3.63, 3.8) is 0 Å². The van der Waals surface area contributed by atoms with Crippen LogP contribution in [0.1, 0.15) is 18.2 Å². The summed E-state index contributed by atoms with van der Waals surface area (Å²) < 4.78 is 93.2. The minimum atomic E-state index is -5.07. The topological polar surface area (TPSA) is 76.4 Å². The number of nitrogens with zero attached hydrogens (tertiary/aromatic N) is 3. The summed E-state index contributed by atoms with van der Waals surface area (Å²) in [5.74, 6) is -1.63. The zero-order valence-electron chi connectivity index (χ0n) is 13.9. The molecule has 150 valence electrons. The number of benzene rings is 1. The monoisotopic (exact) mass is 408 g/mol. The first-order valence-corrected chi connectivity index (χ1v) is 7.53. The van der Waals surface area contributed by atoms with Crippen molar-refractivity contribution < 1.29 is 35.8 Å². The van der Waals surface area contributed by atoms with E-state index in [4.69, 9.17) is 5.73 Å². The highest BCUT2D eigenvalue weighted by Crippen LogP contribution is 2.40. The summed E-state index contributed by atoms with van der Waals surface area (Å²) in [4.78, 5) is 6.93. The minimum Gasteiger partial charge on any atom is -0.381 e. The molecule has 3 N–H and O–H groups in total. The van der Waals surface area contributed by atoms with Crippen LogP contribution >= 0.6 is 0 Å². The van der Waals surface area contributed by atoms with Crippen LogP contribution < -0.4 is 5.73 Å². The molecular formula is C16H11F7N4O. The van der Waals surface area contributed by atoms with Crippen LogP contribution in [0.2, 0.25) is 0 Å². The first-order valence-electron chi connectivity index (χ1n) is 7.53. The largest absolute Gasteiger partial charge is 0.434 e. The van der Waals surface area contributed by atoms with Crippen molar-refractivity contribution >= 4 is 11.5 Å². The Morgan fingerprint density at radius 3 is 2.32 bits per heavy atom. The molecule has 0 aliphatic heterocycles. The molecule has 0 bridgehead atoms. The van der Waals surface area contributed by atoms with E-state index < -0.39 is 46.4 Å². The van der Waals surface area contributed by atoms with Gasteiger partial charge in [-0.3, -0.25) is 4.40 Å². The van der Waals surface area contributed by atoms with Crippen molar-refractivity contribution in [1.29, 1.82) is 0 Å². The summed E-state index contributed by atoms with van der Waals surface area (Å²) in [5.41, 5.74) is -0.992. The summed E-state index contributed by atoms with van der Waals surface area (Å²) in [7, 11) is 0. The lowest BCUT2D eigenvalue weighted by atomic mass is 9.93. The summed E-state index contributed by atoms with van der Waals surface area (Å²) >= 11 is 0. The van der Waals surface area contributed by atoms with Crippen LogP contribution in [0, 0.1) is 5.82 Å². The van der Waals surface area contributed by atoms with Crippen molar-refractivity contribution in [3.8, 4) is 11.3 Å². The third-order valence-corrected chi connectivity index (χ3v) is 4.17. The number of hydrogen-bond donors (Lipinski definition) is 2. The highest BCUT2D eigenvalue weighted by atomic mass is 19.4. The fourth-order valence-electron chi connectivity index (χ4n) is 2.54. The van der Waals surface area contributed by atoms with Gasteiger partial charge in [-0.05, 0) is 24.6 Å². The number of nitrogens with two attached hydrogens (primary N) is 1. The van der Waals surface area contributed by atoms with Crippen LogP contribution in [0.4, 0.5) is 36.6 Å². The van der Waals surface area contributed by atoms with E-state index in [1.807, 2.05) is 0 Å². The summed E-state index contributed by atoms with van der Waals surface area (Å²) in [6.45, 7) is 0.474. The van der Waals surface area contributed by atoms with E-state index in [-0.39, 0.29) is 11.3 Å². The van der Waals surface area contributed by atoms with Gasteiger partial charge < -0.3 is 10.8 Å². The van der Waals surface area contributed by atoms with Gasteiger partial charge in [0.2, 0.25) is 0 Å². The van der Waals surface area contributed by atoms with Crippen molar-refractivity contribution in [2.75, 3.05) is 5.73 Å². The Morgan fingerprint density at radius 2 is 1.75 bits per heavy atom. The van der Waals surface area contributed by atoms with Gasteiger partial charge >= 0.3 is 12.4 Å². The van der Waals surface area contributed by atoms with Gasteiger partial charge in [-0.1, -0.05) is 6.07 Å². The lowest BCUT2D eigenvalue weighted by molar-refractivity contribution is -0.258. The third-order valence-electron chi connectivity index (χ3n) is 4.17. The minimum absolute atomic E-state index is 0.240. The predicted molar refractivity (Wildman–Crippen MR) is 83.4 cm³/mol. The number of hydrogen-bond acceptors (Lipinski definition) is 4. The van der Waals surface area contributed by atoms with Crippen LogP contribution in [0.25, 0.3) is 16.9 Å². The molecule has 0 amide bonds. The number of halogens is 7. The van der Waals surface area contributed by atoms with E-state index in [1.165, 1.54) is 0 Å². The SMILES string of the molecule is CC(O)(c1ccc(F)c(-c2cnc3c(N)nc(C(F)(F)F)cn23)c1)C(F)(F)F. The second-order valence-corrected chi connectivity index (χ2v) is 6.11. The van der Waals surface area contributed by atoms with Crippen LogP contribution in [0.3, 0.4) is 0 Å². The molecule has 2 aromatic heterocycles. The standard InChI is InChI=1S/C16H11F7N4O/c1-14(28,16(21,22)23)7-2-3-9(17)8(4-7)10-5-25-13-12(24)26-11(6-27(10)13)15(18,19)20/h2-6,28H,1H3,(H2,24,26). The molecule has 0 aliphatic carbocycles. The zero-order valence-corrected chi connectivity index (χ0v) is 13.9. The fraction of sp³-hybridized carbons (Fsp3) is 0.250. The van der Waals surface area contributed by atoms with Crippen molar-refractivity contribution in [1.82, 2.24) is 14.4 Å². The lowest BCUT2D eigenvalue weighted by Gasteiger charge is -2.27. The van der Waals surface area contributed by atoms with Gasteiger partial charge in [0, 0.05) is 11.8 Å². The number of alkyl halides is 6. The molecule has 0 fully saturated rings. The molecule has 12 heteroatoms. The third kappa shape index (κ3) is 3.13. The number of aliphatic hydroxyl groups is 1. The summed E-state index contributed by atoms with van der Waals surface area (Å²) in [5, 5.41) is 9.79. The normalized spacial score (nSPS) is 15.0. The maximum atomic E-state index is 14.3. The number of rotatable bonds is 2. The second-order valence-electron chi connectivity index (χ2n) is 6.11. The van der Waals surface area contributed by atoms with Crippen LogP contribution in [0.15, 0.2) is 30.6 Å². The molecule has 0 radical (unpaired) electrons. The van der Waals surface area contributed by atoms with E-state index >= 15 is 0 Å². The Bertz CT molecular complexity index is 1050. The molecule has 28 heavy (non-hydrogen) atoms. The quantitative estimate of drug-likeness (QED) is 0.631. The van der Waals surface area contributed by atoms with Gasteiger partial charge in [-0.15, -0.1) is 0 Å². The van der Waals surface area contributed by atoms with Crippen molar-refractivity contribution in [2.24, 2.45) is 0 Å². The van der Waals surface area contributed by atoms with E-state index in [0.717, 1.165) is 16.7 Å². The molecule has 0 saturated carbocycles. The van der Waals surface area contributed by atoms with E-state index in [1.54, 1.807) is 0 Å². The molecule has 5 nitrogen and oxygen atoms in total. The molecule has 3 aromatic rings. The van der Waals surface area contributed by atoms with Crippen LogP contribution in [0.5, 0.6) is 0 Å². The first kappa shape index (κ1) is 19.9. The van der Waals surface area contributed by atoms with Gasteiger partial charge in [-0.2, -0.15) is 26.3 Å². The highest BCUT2D eigenvalue weighted by molar-refractivity contribution is 5.70. The van der Waals surface area contributed by atoms with Gasteiger partial charge in [0.05, 0.1) is 11.9 Å². The van der Waals surface area contributed by atoms with Crippen molar-refractivity contribution in [3.05, 3.63) is 47.7 Å². The van der Waals surface area contributed by atoms with Crippen LogP contribution in [-0.4, -0.2) is 25.7 Å². The average Bonchev–Trinajstić information content (AvgIpc) is 2.97. The number of aromatic nitrogens is 3. The number of anilines is 1. The molecule has 1 atom stereocenters. The second kappa shape index (κ2) is 6.06. The van der Waals surface area contributed by atoms with Gasteiger partial charge in [0.15, 0.2) is 22.8 Å². The van der Waals surface area contributed by atoms with E-state index in [2.05, 4.69) is 9.97 Å². The molecule has 0 aliphatic rings. The maximum absolute atomic E-state index is 14.3. The fourth-order valence-corrected chi connectivity index (χ4v) is 2.54. The van der Waals surface area contributed by atoms with E-state index in [9.17, 15) is 35.8 Å². The average molecular weight is 408 g/mol. The van der Waals surface area contributed by atoms with Gasteiger partial charge in [0.1, 0.15) is 5.82 Å². The van der Waals surface area contributed by atoms with E-state index in [0.29, 0.717) is 25.3 Å². The molecule has 0 saturated heterocycles. The number of fused-ring (bicyclic) bond motifs is 1. The zero-order chi connectivity index (χ0) is 21.1. The smallest absolute Gasteiger partial charge is 0.381 e. The Balaban J connectivity index is 2.26. The Hall–Kier alpha value is -2.89. The molecule has 1 aromatic carbocycles.